The molecule has 2 N–H and O–H groups in total. The second-order valence-electron chi connectivity index (χ2n) is 4.53. The Morgan fingerprint density at radius 3 is 2.71 bits per heavy atom. The molecular weight excluding hydrogens is 310 g/mol. The third-order valence-electron chi connectivity index (χ3n) is 2.75. The van der Waals surface area contributed by atoms with E-state index in [1.807, 2.05) is 17.5 Å². The van der Waals surface area contributed by atoms with Crippen LogP contribution in [0.3, 0.4) is 0 Å². The first-order valence-electron chi connectivity index (χ1n) is 6.16. The number of thiophene rings is 1. The lowest BCUT2D eigenvalue weighted by atomic mass is 10.2. The molecule has 0 atom stereocenters. The fourth-order valence-electron chi connectivity index (χ4n) is 1.74. The number of carbonyl (C=O) groups excluding carboxylic acids is 1. The molecule has 0 aliphatic heterocycles. The number of rotatable bonds is 5. The number of hydrogen-bond acceptors (Lipinski definition) is 6. The van der Waals surface area contributed by atoms with Crippen molar-refractivity contribution in [3.8, 4) is 0 Å². The summed E-state index contributed by atoms with van der Waals surface area (Å²) in [5.74, 6) is -0.580. The first-order chi connectivity index (χ1) is 9.86. The summed E-state index contributed by atoms with van der Waals surface area (Å²) >= 11 is 1.59. The van der Waals surface area contributed by atoms with Gasteiger partial charge in [-0.05, 0) is 29.6 Å². The van der Waals surface area contributed by atoms with Crippen molar-refractivity contribution >= 4 is 32.8 Å². The lowest BCUT2D eigenvalue weighted by Gasteiger charge is -2.07. The molecule has 0 radical (unpaired) electrons. The van der Waals surface area contributed by atoms with Gasteiger partial charge in [-0.3, -0.25) is 0 Å². The number of nitrogen functional groups attached to an aromatic ring is 1. The number of ether oxygens (including phenoxy) is 1. The van der Waals surface area contributed by atoms with Crippen LogP contribution < -0.4 is 5.73 Å². The molecule has 5 nitrogen and oxygen atoms in total. The van der Waals surface area contributed by atoms with E-state index in [9.17, 15) is 13.2 Å². The summed E-state index contributed by atoms with van der Waals surface area (Å²) in [7, 11) is -3.42. The van der Waals surface area contributed by atoms with Gasteiger partial charge in [0.25, 0.3) is 0 Å². The molecule has 1 aromatic heterocycles. The number of nitrogens with two attached hydrogens (primary N) is 1. The van der Waals surface area contributed by atoms with Gasteiger partial charge in [0.15, 0.2) is 9.84 Å². The van der Waals surface area contributed by atoms with Gasteiger partial charge in [-0.2, -0.15) is 0 Å². The first-order valence-corrected chi connectivity index (χ1v) is 8.93. The van der Waals surface area contributed by atoms with E-state index in [0.29, 0.717) is 6.42 Å². The largest absolute Gasteiger partial charge is 0.462 e. The number of hydrogen-bond donors (Lipinski definition) is 1. The fourth-order valence-corrected chi connectivity index (χ4v) is 3.12. The zero-order valence-electron chi connectivity index (χ0n) is 11.4. The number of sulfone groups is 1. The Kier molecular flexibility index (Phi) is 4.64. The summed E-state index contributed by atoms with van der Waals surface area (Å²) in [5.41, 5.74) is 5.98. The van der Waals surface area contributed by atoms with Crippen LogP contribution in [-0.4, -0.2) is 27.2 Å². The van der Waals surface area contributed by atoms with Crippen LogP contribution in [-0.2, 0) is 21.0 Å². The predicted molar refractivity (Wildman–Crippen MR) is 82.3 cm³/mol. The molecule has 1 heterocycles. The average Bonchev–Trinajstić information content (AvgIpc) is 2.90. The van der Waals surface area contributed by atoms with Gasteiger partial charge < -0.3 is 10.5 Å². The Labute approximate surface area is 127 Å². The maximum atomic E-state index is 11.9. The monoisotopic (exact) mass is 325 g/mol. The highest BCUT2D eigenvalue weighted by Gasteiger charge is 2.14. The highest BCUT2D eigenvalue weighted by molar-refractivity contribution is 7.90. The average molecular weight is 325 g/mol. The second kappa shape index (κ2) is 6.28. The molecule has 0 aliphatic carbocycles. The third-order valence-corrected chi connectivity index (χ3v) is 4.78. The van der Waals surface area contributed by atoms with Crippen molar-refractivity contribution in [1.29, 1.82) is 0 Å². The van der Waals surface area contributed by atoms with E-state index < -0.39 is 15.8 Å². The summed E-state index contributed by atoms with van der Waals surface area (Å²) in [6.07, 6.45) is 1.69. The van der Waals surface area contributed by atoms with Crippen molar-refractivity contribution < 1.29 is 17.9 Å². The Hall–Kier alpha value is -1.86. The molecule has 0 bridgehead atoms. The Bertz CT molecular complexity index is 736. The van der Waals surface area contributed by atoms with E-state index in [2.05, 4.69) is 0 Å². The molecule has 0 aliphatic rings. The SMILES string of the molecule is CS(=O)(=O)c1cc(N)cc(C(=O)OCCc2cccs2)c1. The van der Waals surface area contributed by atoms with Crippen molar-refractivity contribution in [2.24, 2.45) is 0 Å². The molecule has 0 amide bonds. The molecule has 0 saturated heterocycles. The quantitative estimate of drug-likeness (QED) is 0.672. The van der Waals surface area contributed by atoms with E-state index in [1.54, 1.807) is 11.3 Å². The molecule has 112 valence electrons. The molecule has 0 fully saturated rings. The van der Waals surface area contributed by atoms with Crippen LogP contribution in [0.15, 0.2) is 40.6 Å². The molecule has 1 aromatic carbocycles. The lowest BCUT2D eigenvalue weighted by Crippen LogP contribution is -2.10. The summed E-state index contributed by atoms with van der Waals surface area (Å²) in [6.45, 7) is 0.238. The minimum Gasteiger partial charge on any atom is -0.462 e. The Morgan fingerprint density at radius 1 is 1.33 bits per heavy atom. The molecule has 21 heavy (non-hydrogen) atoms. The molecule has 2 aromatic rings. The molecule has 0 spiro atoms. The Balaban J connectivity index is 2.07. The van der Waals surface area contributed by atoms with Crippen LogP contribution in [0.25, 0.3) is 0 Å². The molecule has 7 heteroatoms. The van der Waals surface area contributed by atoms with E-state index >= 15 is 0 Å². The predicted octanol–water partition coefficient (Wildman–Crippen LogP) is 2.13. The first kappa shape index (κ1) is 15.5. The van der Waals surface area contributed by atoms with Crippen molar-refractivity contribution in [2.75, 3.05) is 18.6 Å². The minimum absolute atomic E-state index is 0.00714. The maximum absolute atomic E-state index is 11.9. The van der Waals surface area contributed by atoms with Gasteiger partial charge in [-0.25, -0.2) is 13.2 Å². The van der Waals surface area contributed by atoms with Gasteiger partial charge in [0.05, 0.1) is 17.1 Å². The van der Waals surface area contributed by atoms with Gasteiger partial charge in [-0.1, -0.05) is 6.07 Å². The Morgan fingerprint density at radius 2 is 2.10 bits per heavy atom. The van der Waals surface area contributed by atoms with Crippen LogP contribution >= 0.6 is 11.3 Å². The smallest absolute Gasteiger partial charge is 0.338 e. The van der Waals surface area contributed by atoms with Crippen LogP contribution in [0.2, 0.25) is 0 Å². The van der Waals surface area contributed by atoms with Gasteiger partial charge in [0, 0.05) is 23.2 Å². The number of benzene rings is 1. The molecule has 0 saturated carbocycles. The van der Waals surface area contributed by atoms with Crippen LogP contribution in [0.4, 0.5) is 5.69 Å². The molecule has 0 unspecified atom stereocenters. The standard InChI is InChI=1S/C14H15NO4S2/c1-21(17,18)13-8-10(7-11(15)9-13)14(16)19-5-4-12-3-2-6-20-12/h2-3,6-9H,4-5,15H2,1H3. The van der Waals surface area contributed by atoms with E-state index in [4.69, 9.17) is 10.5 Å². The normalized spacial score (nSPS) is 11.3. The highest BCUT2D eigenvalue weighted by Crippen LogP contribution is 2.18. The maximum Gasteiger partial charge on any atom is 0.338 e. The zero-order valence-corrected chi connectivity index (χ0v) is 13.0. The number of carbonyl (C=O) groups is 1. The van der Waals surface area contributed by atoms with Crippen LogP contribution in [0, 0.1) is 0 Å². The van der Waals surface area contributed by atoms with Crippen molar-refractivity contribution in [1.82, 2.24) is 0 Å². The van der Waals surface area contributed by atoms with Gasteiger partial charge in [0.1, 0.15) is 0 Å². The number of anilines is 1. The number of esters is 1. The highest BCUT2D eigenvalue weighted by atomic mass is 32.2. The molecular formula is C14H15NO4S2. The van der Waals surface area contributed by atoms with Gasteiger partial charge >= 0.3 is 5.97 Å². The second-order valence-corrected chi connectivity index (χ2v) is 7.58. The fraction of sp³-hybridized carbons (Fsp3) is 0.214. The summed E-state index contributed by atoms with van der Waals surface area (Å²) < 4.78 is 28.2. The topological polar surface area (TPSA) is 86.5 Å². The van der Waals surface area contributed by atoms with E-state index in [-0.39, 0.29) is 22.8 Å². The summed E-state index contributed by atoms with van der Waals surface area (Å²) in [4.78, 5) is 13.1. The van der Waals surface area contributed by atoms with Crippen LogP contribution in [0.1, 0.15) is 15.2 Å². The van der Waals surface area contributed by atoms with Gasteiger partial charge in [0.2, 0.25) is 0 Å². The van der Waals surface area contributed by atoms with E-state index in [0.717, 1.165) is 11.1 Å². The summed E-state index contributed by atoms with van der Waals surface area (Å²) in [6, 6.07) is 7.89. The minimum atomic E-state index is -3.42. The zero-order chi connectivity index (χ0) is 15.5. The third kappa shape index (κ3) is 4.30. The van der Waals surface area contributed by atoms with Gasteiger partial charge in [-0.15, -0.1) is 11.3 Å². The van der Waals surface area contributed by atoms with Crippen LogP contribution in [0.5, 0.6) is 0 Å². The van der Waals surface area contributed by atoms with Crippen molar-refractivity contribution in [2.45, 2.75) is 11.3 Å². The molecule has 2 rings (SSSR count). The lowest BCUT2D eigenvalue weighted by molar-refractivity contribution is 0.0510. The summed E-state index contributed by atoms with van der Waals surface area (Å²) in [5, 5.41) is 1.95. The van der Waals surface area contributed by atoms with Crippen molar-refractivity contribution in [3.05, 3.63) is 46.2 Å². The van der Waals surface area contributed by atoms with Crippen molar-refractivity contribution in [3.63, 3.8) is 0 Å². The van der Waals surface area contributed by atoms with E-state index in [1.165, 1.54) is 18.2 Å².